The second kappa shape index (κ2) is 9.98. The number of aromatic nitrogens is 3. The molecule has 5 nitrogen and oxygen atoms in total. The summed E-state index contributed by atoms with van der Waals surface area (Å²) in [6.07, 6.45) is 10.3. The number of nitrogens with one attached hydrogen (secondary N) is 1. The number of imidazole rings is 1. The van der Waals surface area contributed by atoms with Crippen molar-refractivity contribution < 1.29 is 4.39 Å². The minimum absolute atomic E-state index is 0.275. The molecule has 0 spiro atoms. The number of fused-ring (bicyclic) bond motifs is 1. The molecule has 3 heterocycles. The van der Waals surface area contributed by atoms with Crippen molar-refractivity contribution in [1.82, 2.24) is 15.0 Å². The molecule has 0 aliphatic carbocycles. The molecule has 0 saturated carbocycles. The van der Waals surface area contributed by atoms with Crippen LogP contribution in [0.4, 0.5) is 4.39 Å². The topological polar surface area (TPSA) is 80.0 Å². The molecule has 3 aromatic rings. The number of nitrogens with two attached hydrogens (primary N) is 1. The fraction of sp³-hybridized carbons (Fsp3) is 0.0800. The first-order valence-electron chi connectivity index (χ1n) is 9.83. The van der Waals surface area contributed by atoms with E-state index in [-0.39, 0.29) is 5.13 Å². The molecule has 0 radical (unpaired) electrons. The quantitative estimate of drug-likeness (QED) is 0.313. The van der Waals surface area contributed by atoms with Crippen molar-refractivity contribution in [2.75, 3.05) is 0 Å². The number of hydrogen-bond donors (Lipinski definition) is 2. The molecule has 3 aromatic heterocycles. The summed E-state index contributed by atoms with van der Waals surface area (Å²) in [5.41, 5.74) is 11.7. The predicted molar refractivity (Wildman–Crippen MR) is 134 cm³/mol. The zero-order chi connectivity index (χ0) is 23.3. The number of H-pyrrole nitrogens is 1. The molecule has 0 amide bonds. The second-order valence-electron chi connectivity index (χ2n) is 6.76. The third-order valence-corrected chi connectivity index (χ3v) is 5.64. The molecule has 7 heteroatoms. The highest BCUT2D eigenvalue weighted by molar-refractivity contribution is 7.13. The van der Waals surface area contributed by atoms with Gasteiger partial charge in [-0.1, -0.05) is 31.9 Å². The van der Waals surface area contributed by atoms with Gasteiger partial charge in [0, 0.05) is 35.5 Å². The van der Waals surface area contributed by atoms with Gasteiger partial charge in [-0.25, -0.2) is 4.98 Å². The maximum absolute atomic E-state index is 13.6. The Hall–Kier alpha value is -3.84. The molecule has 0 aromatic carbocycles. The highest BCUT2D eigenvalue weighted by Gasteiger charge is 2.17. The van der Waals surface area contributed by atoms with Crippen molar-refractivity contribution in [3.05, 3.63) is 102 Å². The summed E-state index contributed by atoms with van der Waals surface area (Å²) in [7, 11) is 0. The zero-order valence-corrected chi connectivity index (χ0v) is 18.8. The van der Waals surface area contributed by atoms with Gasteiger partial charge in [-0.15, -0.1) is 11.3 Å². The SMILES string of the molecule is C=CN=C/C(=C\C)C(=C)/C=C(C(=C)c1nc2c(-c3ccc(F)s3)nccc2[nH]1)\C(N)=C/C. The molecule has 0 aliphatic heterocycles. The molecule has 32 heavy (non-hydrogen) atoms. The Morgan fingerprint density at radius 1 is 1.22 bits per heavy atom. The van der Waals surface area contributed by atoms with E-state index >= 15 is 0 Å². The maximum Gasteiger partial charge on any atom is 0.177 e. The number of rotatable bonds is 8. The monoisotopic (exact) mass is 445 g/mol. The van der Waals surface area contributed by atoms with Crippen LogP contribution in [0.1, 0.15) is 19.7 Å². The molecule has 3 rings (SSSR count). The first-order chi connectivity index (χ1) is 15.4. The van der Waals surface area contributed by atoms with Crippen LogP contribution in [0.15, 0.2) is 96.0 Å². The Morgan fingerprint density at radius 2 is 2.00 bits per heavy atom. The van der Waals surface area contributed by atoms with Crippen molar-refractivity contribution in [1.29, 1.82) is 0 Å². The van der Waals surface area contributed by atoms with Gasteiger partial charge in [-0.2, -0.15) is 4.39 Å². The Bertz CT molecular complexity index is 1320. The summed E-state index contributed by atoms with van der Waals surface area (Å²) in [6, 6.07) is 4.93. The summed E-state index contributed by atoms with van der Waals surface area (Å²) >= 11 is 1.03. The Kier molecular flexibility index (Phi) is 7.12. The third kappa shape index (κ3) is 4.73. The summed E-state index contributed by atoms with van der Waals surface area (Å²) in [4.78, 5) is 17.2. The lowest BCUT2D eigenvalue weighted by molar-refractivity contribution is 0.657. The Morgan fingerprint density at radius 3 is 2.62 bits per heavy atom. The number of halogens is 1. The zero-order valence-electron chi connectivity index (χ0n) is 18.0. The van der Waals surface area contributed by atoms with Crippen molar-refractivity contribution in [2.45, 2.75) is 13.8 Å². The first-order valence-corrected chi connectivity index (χ1v) is 10.6. The average Bonchev–Trinajstić information content (AvgIpc) is 3.43. The van der Waals surface area contributed by atoms with Crippen molar-refractivity contribution in [3.8, 4) is 10.6 Å². The smallest absolute Gasteiger partial charge is 0.177 e. The highest BCUT2D eigenvalue weighted by Crippen LogP contribution is 2.33. The van der Waals surface area contributed by atoms with Crippen molar-refractivity contribution >= 4 is 34.2 Å². The van der Waals surface area contributed by atoms with Crippen LogP contribution in [0.5, 0.6) is 0 Å². The molecule has 0 fully saturated rings. The Balaban J connectivity index is 2.07. The normalized spacial score (nSPS) is 13.2. The maximum atomic E-state index is 13.6. The molecule has 0 aliphatic rings. The van der Waals surface area contributed by atoms with Gasteiger partial charge < -0.3 is 10.7 Å². The van der Waals surface area contributed by atoms with Crippen molar-refractivity contribution in [3.63, 3.8) is 0 Å². The first kappa shape index (κ1) is 22.8. The van der Waals surface area contributed by atoms with E-state index in [1.807, 2.05) is 32.1 Å². The lowest BCUT2D eigenvalue weighted by atomic mass is 9.98. The Labute approximate surface area is 190 Å². The van der Waals surface area contributed by atoms with Gasteiger partial charge in [0.25, 0.3) is 0 Å². The van der Waals surface area contributed by atoms with E-state index in [0.29, 0.717) is 44.3 Å². The molecule has 0 atom stereocenters. The highest BCUT2D eigenvalue weighted by atomic mass is 32.1. The molecule has 3 N–H and O–H groups in total. The number of hydrogen-bond acceptors (Lipinski definition) is 5. The fourth-order valence-corrected chi connectivity index (χ4v) is 3.79. The summed E-state index contributed by atoms with van der Waals surface area (Å²) < 4.78 is 13.6. The van der Waals surface area contributed by atoms with Crippen LogP contribution in [0.3, 0.4) is 0 Å². The fourth-order valence-electron chi connectivity index (χ4n) is 3.06. The lowest BCUT2D eigenvalue weighted by Gasteiger charge is -2.11. The minimum atomic E-state index is -0.275. The third-order valence-electron chi connectivity index (χ3n) is 4.76. The molecule has 0 unspecified atom stereocenters. The number of thiophene rings is 1. The van der Waals surface area contributed by atoms with Gasteiger partial charge in [-0.05, 0) is 49.3 Å². The van der Waals surface area contributed by atoms with Crippen molar-refractivity contribution in [2.24, 2.45) is 10.7 Å². The van der Waals surface area contributed by atoms with E-state index in [0.717, 1.165) is 22.4 Å². The van der Waals surface area contributed by atoms with Crippen LogP contribution < -0.4 is 5.73 Å². The van der Waals surface area contributed by atoms with Crippen LogP contribution in [0.2, 0.25) is 0 Å². The van der Waals surface area contributed by atoms with E-state index in [4.69, 9.17) is 10.7 Å². The van der Waals surface area contributed by atoms with Gasteiger partial charge in [0.15, 0.2) is 5.13 Å². The van der Waals surface area contributed by atoms with E-state index in [1.54, 1.807) is 24.6 Å². The van der Waals surface area contributed by atoms with Gasteiger partial charge >= 0.3 is 0 Å². The number of aromatic amines is 1. The van der Waals surface area contributed by atoms with Gasteiger partial charge in [-0.3, -0.25) is 9.98 Å². The summed E-state index contributed by atoms with van der Waals surface area (Å²) in [5.74, 6) is 0.539. The lowest BCUT2D eigenvalue weighted by Crippen LogP contribution is -2.05. The minimum Gasteiger partial charge on any atom is -0.398 e. The predicted octanol–water partition coefficient (Wildman–Crippen LogP) is 6.34. The molecular formula is C25H24FN5S. The van der Waals surface area contributed by atoms with Gasteiger partial charge in [0.1, 0.15) is 17.0 Å². The van der Waals surface area contributed by atoms with E-state index in [9.17, 15) is 4.39 Å². The standard InChI is InChI=1S/C25H24FN5S/c1-6-17(14-28-8-3)15(4)13-18(19(27)7-2)16(5)25-30-20-11-12-29-24(23(20)31-25)21-9-10-22(26)32-21/h6-14H,3-5,27H2,1-2H3,(H,30,31)/b17-6+,18-13-,19-7+,28-14?. The number of pyridine rings is 1. The second-order valence-corrected chi connectivity index (χ2v) is 7.79. The van der Waals surface area contributed by atoms with Crippen LogP contribution in [0.25, 0.3) is 27.2 Å². The van der Waals surface area contributed by atoms with Crippen LogP contribution >= 0.6 is 11.3 Å². The van der Waals surface area contributed by atoms with Crippen LogP contribution in [-0.4, -0.2) is 21.2 Å². The summed E-state index contributed by atoms with van der Waals surface area (Å²) in [6.45, 7) is 15.7. The number of nitrogens with zero attached hydrogens (tertiary/aromatic N) is 3. The van der Waals surface area contributed by atoms with E-state index < -0.39 is 0 Å². The molecule has 162 valence electrons. The van der Waals surface area contributed by atoms with Gasteiger partial charge in [0.05, 0.1) is 10.4 Å². The number of aliphatic imine (C=N–C) groups is 1. The molecular weight excluding hydrogens is 421 g/mol. The van der Waals surface area contributed by atoms with Crippen LogP contribution in [0, 0.1) is 5.13 Å². The van der Waals surface area contributed by atoms with E-state index in [1.165, 1.54) is 12.3 Å². The van der Waals surface area contributed by atoms with Crippen LogP contribution in [-0.2, 0) is 0 Å². The average molecular weight is 446 g/mol. The van der Waals surface area contributed by atoms with Gasteiger partial charge in [0.2, 0.25) is 0 Å². The van der Waals surface area contributed by atoms with E-state index in [2.05, 4.69) is 34.7 Å². The summed E-state index contributed by atoms with van der Waals surface area (Å²) in [5, 5.41) is -0.275. The number of allylic oxidation sites excluding steroid dienone is 6. The molecule has 0 saturated heterocycles. The molecule has 0 bridgehead atoms. The largest absolute Gasteiger partial charge is 0.398 e.